The summed E-state index contributed by atoms with van der Waals surface area (Å²) in [6.45, 7) is 0.748. The number of thiazole rings is 1. The zero-order valence-electron chi connectivity index (χ0n) is 19.1. The minimum absolute atomic E-state index is 0.0861. The lowest BCUT2D eigenvalue weighted by molar-refractivity contribution is -0.123. The molecule has 3 amide bonds. The zero-order chi connectivity index (χ0) is 24.8. The van der Waals surface area contributed by atoms with E-state index in [0.717, 1.165) is 21.0 Å². The number of allylic oxidation sites excluding steroid dienone is 2. The molecule has 1 saturated heterocycles. The largest absolute Gasteiger partial charge is 0.492 e. The predicted octanol–water partition coefficient (Wildman–Crippen LogP) is 4.55. The Kier molecular flexibility index (Phi) is 6.23. The van der Waals surface area contributed by atoms with Crippen molar-refractivity contribution in [1.82, 2.24) is 10.3 Å². The first-order valence-corrected chi connectivity index (χ1v) is 13.9. The first-order valence-electron chi connectivity index (χ1n) is 11.7. The van der Waals surface area contributed by atoms with Crippen LogP contribution in [0.1, 0.15) is 6.42 Å². The Morgan fingerprint density at radius 2 is 1.83 bits per heavy atom. The van der Waals surface area contributed by atoms with E-state index < -0.39 is 0 Å². The lowest BCUT2D eigenvalue weighted by atomic mass is 9.85. The molecule has 1 saturated carbocycles. The molecular formula is C26H22ClN3O4S2. The van der Waals surface area contributed by atoms with Crippen molar-refractivity contribution in [1.29, 1.82) is 0 Å². The van der Waals surface area contributed by atoms with Crippen LogP contribution in [0.15, 0.2) is 59.0 Å². The second kappa shape index (κ2) is 9.53. The van der Waals surface area contributed by atoms with Crippen LogP contribution in [0.5, 0.6) is 5.75 Å². The number of amides is 3. The highest BCUT2D eigenvalue weighted by Crippen LogP contribution is 2.53. The summed E-state index contributed by atoms with van der Waals surface area (Å²) in [6, 6.07) is 12.5. The maximum absolute atomic E-state index is 13.1. The van der Waals surface area contributed by atoms with Gasteiger partial charge in [-0.1, -0.05) is 35.5 Å². The van der Waals surface area contributed by atoms with E-state index in [2.05, 4.69) is 22.5 Å². The van der Waals surface area contributed by atoms with Gasteiger partial charge in [-0.15, -0.1) is 11.3 Å². The summed E-state index contributed by atoms with van der Waals surface area (Å²) < 4.78 is 7.21. The van der Waals surface area contributed by atoms with Crippen LogP contribution < -0.4 is 15.0 Å². The normalized spacial score (nSPS) is 24.1. The minimum atomic E-state index is -0.217. The number of fused-ring (bicyclic) bond motifs is 6. The van der Waals surface area contributed by atoms with E-state index in [0.29, 0.717) is 29.6 Å². The van der Waals surface area contributed by atoms with Crippen LogP contribution in [0, 0.1) is 23.7 Å². The molecule has 1 aliphatic heterocycles. The second-order valence-electron chi connectivity index (χ2n) is 9.08. The van der Waals surface area contributed by atoms with E-state index in [1.807, 2.05) is 12.1 Å². The van der Waals surface area contributed by atoms with Gasteiger partial charge < -0.3 is 10.1 Å². The lowest BCUT2D eigenvalue weighted by Gasteiger charge is -2.17. The third-order valence-corrected chi connectivity index (χ3v) is 9.33. The molecule has 1 N–H and O–H groups in total. The number of carbonyl (C=O) groups is 3. The van der Waals surface area contributed by atoms with Gasteiger partial charge in [0.15, 0.2) is 4.34 Å². The summed E-state index contributed by atoms with van der Waals surface area (Å²) >= 11 is 8.66. The van der Waals surface area contributed by atoms with Crippen molar-refractivity contribution < 1.29 is 19.1 Å². The molecule has 36 heavy (non-hydrogen) atoms. The first kappa shape index (κ1) is 23.5. The molecule has 2 bridgehead atoms. The number of thioether (sulfide) groups is 1. The molecule has 2 heterocycles. The maximum atomic E-state index is 13.1. The molecule has 2 aliphatic carbocycles. The number of aromatic nitrogens is 1. The van der Waals surface area contributed by atoms with E-state index >= 15 is 0 Å². The van der Waals surface area contributed by atoms with Gasteiger partial charge in [0.05, 0.1) is 40.0 Å². The van der Waals surface area contributed by atoms with Gasteiger partial charge in [0.25, 0.3) is 0 Å². The smallest absolute Gasteiger partial charge is 0.238 e. The fourth-order valence-electron chi connectivity index (χ4n) is 5.32. The topological polar surface area (TPSA) is 88.6 Å². The minimum Gasteiger partial charge on any atom is -0.492 e. The predicted molar refractivity (Wildman–Crippen MR) is 141 cm³/mol. The fraction of sp³-hybridized carbons (Fsp3) is 0.308. The van der Waals surface area contributed by atoms with Crippen molar-refractivity contribution in [2.24, 2.45) is 23.7 Å². The maximum Gasteiger partial charge on any atom is 0.238 e. The van der Waals surface area contributed by atoms with Crippen molar-refractivity contribution in [2.45, 2.75) is 10.8 Å². The number of rotatable bonds is 8. The second-order valence-corrected chi connectivity index (χ2v) is 11.8. The molecule has 2 fully saturated rings. The van der Waals surface area contributed by atoms with Crippen LogP contribution in [0.25, 0.3) is 10.2 Å². The van der Waals surface area contributed by atoms with Crippen molar-refractivity contribution in [3.05, 3.63) is 59.6 Å². The molecular weight excluding hydrogens is 518 g/mol. The van der Waals surface area contributed by atoms with Gasteiger partial charge in [0.1, 0.15) is 12.4 Å². The Morgan fingerprint density at radius 1 is 1.11 bits per heavy atom. The van der Waals surface area contributed by atoms with Crippen LogP contribution >= 0.6 is 34.7 Å². The summed E-state index contributed by atoms with van der Waals surface area (Å²) in [5, 5.41) is 3.48. The quantitative estimate of drug-likeness (QED) is 0.195. The highest BCUT2D eigenvalue weighted by Gasteiger charge is 2.59. The zero-order valence-corrected chi connectivity index (χ0v) is 21.4. The summed E-state index contributed by atoms with van der Waals surface area (Å²) in [6.07, 6.45) is 5.11. The van der Waals surface area contributed by atoms with Crippen molar-refractivity contribution in [2.75, 3.05) is 23.8 Å². The number of anilines is 1. The Bertz CT molecular complexity index is 1360. The van der Waals surface area contributed by atoms with Gasteiger partial charge in [0.2, 0.25) is 17.7 Å². The molecule has 4 atom stereocenters. The molecule has 2 aromatic carbocycles. The van der Waals surface area contributed by atoms with E-state index in [1.54, 1.807) is 30.3 Å². The highest BCUT2D eigenvalue weighted by molar-refractivity contribution is 8.01. The first-order chi connectivity index (χ1) is 17.5. The summed E-state index contributed by atoms with van der Waals surface area (Å²) in [5.41, 5.74) is 1.38. The van der Waals surface area contributed by atoms with Gasteiger partial charge in [-0.25, -0.2) is 9.88 Å². The summed E-state index contributed by atoms with van der Waals surface area (Å²) in [4.78, 5) is 44.4. The third kappa shape index (κ3) is 4.29. The van der Waals surface area contributed by atoms with Gasteiger partial charge >= 0.3 is 0 Å². The number of halogens is 1. The van der Waals surface area contributed by atoms with Crippen LogP contribution in [-0.2, 0) is 14.4 Å². The third-order valence-electron chi connectivity index (χ3n) is 6.91. The number of hydrogen-bond acceptors (Lipinski definition) is 7. The number of benzene rings is 2. The SMILES string of the molecule is O=C(CSc1nc2ccc(N3C(=O)[C@@H]4[C@@H](C3=O)[C@H]3C=C[C@@H]4C3)cc2s1)NCCOc1ccc(Cl)cc1. The molecule has 3 aromatic rings. The summed E-state index contributed by atoms with van der Waals surface area (Å²) in [5.74, 6) is 0.587. The standard InChI is InChI=1S/C26H22ClN3O4S2/c27-16-3-6-18(7-4-16)34-10-9-28-21(31)13-35-26-29-19-8-5-17(12-20(19)36-26)30-24(32)22-14-1-2-15(11-14)23(22)25(30)33/h1-8,12,14-15,22-23H,9-11,13H2,(H,28,31)/t14-,15+,22-,23-/m0/s1. The average molecular weight is 540 g/mol. The Hall–Kier alpha value is -2.88. The summed E-state index contributed by atoms with van der Waals surface area (Å²) in [7, 11) is 0. The van der Waals surface area contributed by atoms with Crippen molar-refractivity contribution in [3.63, 3.8) is 0 Å². The van der Waals surface area contributed by atoms with Crippen molar-refractivity contribution in [3.8, 4) is 5.75 Å². The van der Waals surface area contributed by atoms with E-state index in [1.165, 1.54) is 28.0 Å². The van der Waals surface area contributed by atoms with Gasteiger partial charge in [0, 0.05) is 5.02 Å². The molecule has 7 nitrogen and oxygen atoms in total. The molecule has 3 aliphatic rings. The lowest BCUT2D eigenvalue weighted by Crippen LogP contribution is -2.32. The molecule has 0 radical (unpaired) electrons. The Labute approximate surface area is 220 Å². The van der Waals surface area contributed by atoms with Gasteiger partial charge in [-0.05, 0) is 60.7 Å². The van der Waals surface area contributed by atoms with E-state index in [4.69, 9.17) is 16.3 Å². The fourth-order valence-corrected chi connectivity index (χ4v) is 7.38. The van der Waals surface area contributed by atoms with Crippen LogP contribution in [-0.4, -0.2) is 41.6 Å². The van der Waals surface area contributed by atoms with Gasteiger partial charge in [-0.2, -0.15) is 0 Å². The number of imide groups is 1. The highest BCUT2D eigenvalue weighted by atomic mass is 35.5. The van der Waals surface area contributed by atoms with E-state index in [9.17, 15) is 14.4 Å². The molecule has 10 heteroatoms. The molecule has 184 valence electrons. The molecule has 0 spiro atoms. The molecule has 0 unspecified atom stereocenters. The monoisotopic (exact) mass is 539 g/mol. The number of nitrogens with one attached hydrogen (secondary N) is 1. The molecule has 6 rings (SSSR count). The van der Waals surface area contributed by atoms with E-state index in [-0.39, 0.29) is 47.1 Å². The Balaban J connectivity index is 1.04. The number of carbonyl (C=O) groups excluding carboxylic acids is 3. The van der Waals surface area contributed by atoms with Crippen LogP contribution in [0.2, 0.25) is 5.02 Å². The van der Waals surface area contributed by atoms with Crippen LogP contribution in [0.3, 0.4) is 0 Å². The van der Waals surface area contributed by atoms with Gasteiger partial charge in [-0.3, -0.25) is 14.4 Å². The van der Waals surface area contributed by atoms with Crippen molar-refractivity contribution >= 4 is 68.3 Å². The number of ether oxygens (including phenoxy) is 1. The Morgan fingerprint density at radius 3 is 2.56 bits per heavy atom. The molecule has 1 aromatic heterocycles. The number of nitrogens with zero attached hydrogens (tertiary/aromatic N) is 2. The van der Waals surface area contributed by atoms with Crippen LogP contribution in [0.4, 0.5) is 5.69 Å². The number of hydrogen-bond donors (Lipinski definition) is 1. The average Bonchev–Trinajstić information content (AvgIpc) is 3.64.